The third-order valence-electron chi connectivity index (χ3n) is 2.85. The van der Waals surface area contributed by atoms with Gasteiger partial charge >= 0.3 is 0 Å². The molecular formula is C12H15NO. The Morgan fingerprint density at radius 1 is 1.43 bits per heavy atom. The summed E-state index contributed by atoms with van der Waals surface area (Å²) in [6, 6.07) is 10.5. The van der Waals surface area contributed by atoms with E-state index in [0.29, 0.717) is 11.8 Å². The minimum absolute atomic E-state index is 0.674. The molecule has 0 radical (unpaired) electrons. The summed E-state index contributed by atoms with van der Waals surface area (Å²) in [6.07, 6.45) is 2.13. The average Bonchev–Trinajstić information content (AvgIpc) is 2.98. The van der Waals surface area contributed by atoms with Crippen molar-refractivity contribution in [3.05, 3.63) is 35.9 Å². The molecule has 1 aromatic rings. The second kappa shape index (κ2) is 3.82. The molecule has 0 aromatic heterocycles. The Morgan fingerprint density at radius 3 is 2.79 bits per heavy atom. The minimum atomic E-state index is 0.674. The summed E-state index contributed by atoms with van der Waals surface area (Å²) in [4.78, 5) is 12.2. The Balaban J connectivity index is 1.90. The van der Waals surface area contributed by atoms with Crippen LogP contribution in [0.5, 0.6) is 0 Å². The van der Waals surface area contributed by atoms with Crippen LogP contribution in [0.25, 0.3) is 0 Å². The van der Waals surface area contributed by atoms with Crippen LogP contribution >= 0.6 is 0 Å². The van der Waals surface area contributed by atoms with Crippen LogP contribution in [0.2, 0.25) is 0 Å². The van der Waals surface area contributed by atoms with E-state index in [1.165, 1.54) is 12.0 Å². The van der Waals surface area contributed by atoms with Gasteiger partial charge in [0, 0.05) is 13.6 Å². The lowest BCUT2D eigenvalue weighted by Crippen LogP contribution is -2.18. The first-order valence-electron chi connectivity index (χ1n) is 5.01. The second-order valence-electron chi connectivity index (χ2n) is 4.06. The number of hydrogen-bond donors (Lipinski definition) is 0. The van der Waals surface area contributed by atoms with Crippen molar-refractivity contribution in [2.75, 3.05) is 13.6 Å². The van der Waals surface area contributed by atoms with Gasteiger partial charge in [-0.1, -0.05) is 30.3 Å². The smallest absolute Gasteiger partial charge is 0.209 e. The van der Waals surface area contributed by atoms with Crippen molar-refractivity contribution < 1.29 is 4.79 Å². The second-order valence-corrected chi connectivity index (χ2v) is 4.06. The number of benzene rings is 1. The zero-order chi connectivity index (χ0) is 9.97. The van der Waals surface area contributed by atoms with Crippen molar-refractivity contribution >= 4 is 6.41 Å². The molecule has 0 aliphatic heterocycles. The Morgan fingerprint density at radius 2 is 2.14 bits per heavy atom. The highest BCUT2D eigenvalue weighted by Crippen LogP contribution is 2.47. The SMILES string of the molecule is CN(C=O)CC1CC1c1ccccc1. The maximum absolute atomic E-state index is 10.4. The van der Waals surface area contributed by atoms with E-state index in [4.69, 9.17) is 0 Å². The molecule has 2 heteroatoms. The zero-order valence-corrected chi connectivity index (χ0v) is 8.39. The number of carbonyl (C=O) groups excluding carboxylic acids is 1. The van der Waals surface area contributed by atoms with Gasteiger partial charge in [-0.25, -0.2) is 0 Å². The standard InChI is InChI=1S/C12H15NO/c1-13(9-14)8-11-7-12(11)10-5-3-2-4-6-10/h2-6,9,11-12H,7-8H2,1H3. The van der Waals surface area contributed by atoms with Crippen molar-refractivity contribution in [1.29, 1.82) is 0 Å². The summed E-state index contributed by atoms with van der Waals surface area (Å²) in [5.41, 5.74) is 1.41. The van der Waals surface area contributed by atoms with E-state index >= 15 is 0 Å². The third-order valence-corrected chi connectivity index (χ3v) is 2.85. The van der Waals surface area contributed by atoms with Gasteiger partial charge in [-0.15, -0.1) is 0 Å². The lowest BCUT2D eigenvalue weighted by atomic mass is 10.1. The van der Waals surface area contributed by atoms with E-state index in [1.54, 1.807) is 4.90 Å². The van der Waals surface area contributed by atoms with Crippen LogP contribution in [-0.4, -0.2) is 24.9 Å². The third kappa shape index (κ3) is 1.95. The Labute approximate surface area is 84.5 Å². The van der Waals surface area contributed by atoms with E-state index in [1.807, 2.05) is 13.1 Å². The first kappa shape index (κ1) is 9.25. The molecule has 2 rings (SSSR count). The van der Waals surface area contributed by atoms with Crippen LogP contribution in [0.1, 0.15) is 17.9 Å². The number of carbonyl (C=O) groups is 1. The van der Waals surface area contributed by atoms with E-state index < -0.39 is 0 Å². The van der Waals surface area contributed by atoms with Gasteiger partial charge in [0.25, 0.3) is 0 Å². The van der Waals surface area contributed by atoms with Crippen molar-refractivity contribution in [2.45, 2.75) is 12.3 Å². The molecule has 1 aliphatic carbocycles. The molecule has 1 aliphatic rings. The van der Waals surface area contributed by atoms with Crippen LogP contribution in [0.3, 0.4) is 0 Å². The van der Waals surface area contributed by atoms with Crippen LogP contribution in [0.4, 0.5) is 0 Å². The monoisotopic (exact) mass is 189 g/mol. The number of amides is 1. The highest BCUT2D eigenvalue weighted by molar-refractivity contribution is 5.46. The molecule has 1 amide bonds. The molecule has 74 valence electrons. The molecular weight excluding hydrogens is 174 g/mol. The van der Waals surface area contributed by atoms with Gasteiger partial charge in [0.05, 0.1) is 0 Å². The number of hydrogen-bond acceptors (Lipinski definition) is 1. The Bertz CT molecular complexity index is 309. The molecule has 14 heavy (non-hydrogen) atoms. The first-order chi connectivity index (χ1) is 6.81. The van der Waals surface area contributed by atoms with Gasteiger partial charge in [0.1, 0.15) is 0 Å². The molecule has 1 aromatic carbocycles. The van der Waals surface area contributed by atoms with Crippen LogP contribution in [-0.2, 0) is 4.79 Å². The molecule has 2 nitrogen and oxygen atoms in total. The molecule has 2 unspecified atom stereocenters. The van der Waals surface area contributed by atoms with E-state index in [2.05, 4.69) is 24.3 Å². The lowest BCUT2D eigenvalue weighted by Gasteiger charge is -2.09. The highest BCUT2D eigenvalue weighted by atomic mass is 16.1. The van der Waals surface area contributed by atoms with Crippen LogP contribution in [0.15, 0.2) is 30.3 Å². The highest BCUT2D eigenvalue weighted by Gasteiger charge is 2.38. The van der Waals surface area contributed by atoms with Crippen molar-refractivity contribution in [2.24, 2.45) is 5.92 Å². The van der Waals surface area contributed by atoms with Gasteiger partial charge in [0.15, 0.2) is 0 Å². The normalized spacial score (nSPS) is 24.4. The van der Waals surface area contributed by atoms with Crippen molar-refractivity contribution in [3.8, 4) is 0 Å². The molecule has 1 saturated carbocycles. The maximum atomic E-state index is 10.4. The summed E-state index contributed by atoms with van der Waals surface area (Å²) in [6.45, 7) is 0.892. The van der Waals surface area contributed by atoms with Gasteiger partial charge in [0.2, 0.25) is 6.41 Å². The van der Waals surface area contributed by atoms with Crippen LogP contribution < -0.4 is 0 Å². The maximum Gasteiger partial charge on any atom is 0.209 e. The molecule has 1 fully saturated rings. The van der Waals surface area contributed by atoms with Gasteiger partial charge in [-0.2, -0.15) is 0 Å². The summed E-state index contributed by atoms with van der Waals surface area (Å²) >= 11 is 0. The van der Waals surface area contributed by atoms with E-state index in [-0.39, 0.29) is 0 Å². The summed E-state index contributed by atoms with van der Waals surface area (Å²) < 4.78 is 0. The van der Waals surface area contributed by atoms with Gasteiger partial charge in [-0.3, -0.25) is 4.79 Å². The molecule has 2 atom stereocenters. The zero-order valence-electron chi connectivity index (χ0n) is 8.39. The largest absolute Gasteiger partial charge is 0.348 e. The summed E-state index contributed by atoms with van der Waals surface area (Å²) in [5.74, 6) is 1.35. The number of rotatable bonds is 4. The molecule has 0 spiro atoms. The fourth-order valence-electron chi connectivity index (χ4n) is 1.97. The summed E-state index contributed by atoms with van der Waals surface area (Å²) in [7, 11) is 1.84. The van der Waals surface area contributed by atoms with Crippen molar-refractivity contribution in [1.82, 2.24) is 4.90 Å². The lowest BCUT2D eigenvalue weighted by molar-refractivity contribution is -0.117. The summed E-state index contributed by atoms with van der Waals surface area (Å²) in [5, 5.41) is 0. The van der Waals surface area contributed by atoms with Crippen LogP contribution in [0, 0.1) is 5.92 Å². The molecule has 0 N–H and O–H groups in total. The van der Waals surface area contributed by atoms with E-state index in [0.717, 1.165) is 13.0 Å². The topological polar surface area (TPSA) is 20.3 Å². The quantitative estimate of drug-likeness (QED) is 0.662. The first-order valence-corrected chi connectivity index (χ1v) is 5.01. The minimum Gasteiger partial charge on any atom is -0.348 e. The molecule has 0 heterocycles. The van der Waals surface area contributed by atoms with Gasteiger partial charge < -0.3 is 4.90 Å². The fraction of sp³-hybridized carbons (Fsp3) is 0.417. The Hall–Kier alpha value is -1.31. The van der Waals surface area contributed by atoms with E-state index in [9.17, 15) is 4.79 Å². The predicted molar refractivity (Wildman–Crippen MR) is 56.0 cm³/mol. The average molecular weight is 189 g/mol. The fourth-order valence-corrected chi connectivity index (χ4v) is 1.97. The molecule has 0 saturated heterocycles. The predicted octanol–water partition coefficient (Wildman–Crippen LogP) is 1.88. The molecule has 0 bridgehead atoms. The number of nitrogens with zero attached hydrogens (tertiary/aromatic N) is 1. The van der Waals surface area contributed by atoms with Crippen molar-refractivity contribution in [3.63, 3.8) is 0 Å². The van der Waals surface area contributed by atoms with Gasteiger partial charge in [-0.05, 0) is 23.8 Å². The Kier molecular flexibility index (Phi) is 2.53.